The standard InChI is InChI=1S/C14H17N3O4/c15-11-12-3-1-4-13(14(12)17(18)19)21-8-2-5-16-6-9-20-10-7-16/h1,3-4H,2,5-10H2. The molecule has 1 fully saturated rings. The third kappa shape index (κ3) is 4.15. The van der Waals surface area contributed by atoms with E-state index in [-0.39, 0.29) is 17.0 Å². The van der Waals surface area contributed by atoms with E-state index in [1.165, 1.54) is 12.1 Å². The zero-order chi connectivity index (χ0) is 15.1. The van der Waals surface area contributed by atoms with Gasteiger partial charge in [-0.2, -0.15) is 5.26 Å². The first-order valence-electron chi connectivity index (χ1n) is 6.83. The largest absolute Gasteiger partial charge is 0.487 e. The van der Waals surface area contributed by atoms with Crippen LogP contribution in [0.4, 0.5) is 5.69 Å². The minimum atomic E-state index is -0.574. The van der Waals surface area contributed by atoms with Gasteiger partial charge in [0, 0.05) is 19.6 Å². The van der Waals surface area contributed by atoms with Gasteiger partial charge in [-0.1, -0.05) is 6.07 Å². The Kier molecular flexibility index (Phi) is 5.49. The van der Waals surface area contributed by atoms with Gasteiger partial charge in [-0.15, -0.1) is 0 Å². The van der Waals surface area contributed by atoms with Crippen LogP contribution in [0.1, 0.15) is 12.0 Å². The number of ether oxygens (including phenoxy) is 2. The Labute approximate surface area is 122 Å². The molecule has 0 amide bonds. The minimum Gasteiger partial charge on any atom is -0.487 e. The van der Waals surface area contributed by atoms with Crippen LogP contribution >= 0.6 is 0 Å². The molecule has 1 aliphatic rings. The van der Waals surface area contributed by atoms with Gasteiger partial charge in [0.05, 0.1) is 24.7 Å². The number of nitrogens with zero attached hydrogens (tertiary/aromatic N) is 3. The number of nitro benzene ring substituents is 1. The van der Waals surface area contributed by atoms with E-state index >= 15 is 0 Å². The lowest BCUT2D eigenvalue weighted by Gasteiger charge is -2.26. The number of morpholine rings is 1. The first kappa shape index (κ1) is 15.2. The molecule has 0 aliphatic carbocycles. The molecule has 1 aliphatic heterocycles. The van der Waals surface area contributed by atoms with E-state index in [1.807, 2.05) is 6.07 Å². The highest BCUT2D eigenvalue weighted by atomic mass is 16.6. The van der Waals surface area contributed by atoms with Gasteiger partial charge in [0.2, 0.25) is 0 Å². The van der Waals surface area contributed by atoms with Crippen LogP contribution in [-0.2, 0) is 4.74 Å². The quantitative estimate of drug-likeness (QED) is 0.449. The molecule has 0 spiro atoms. The maximum absolute atomic E-state index is 11.0. The minimum absolute atomic E-state index is 0.0191. The number of rotatable bonds is 6. The van der Waals surface area contributed by atoms with E-state index in [0.717, 1.165) is 39.3 Å². The molecule has 7 heteroatoms. The van der Waals surface area contributed by atoms with Gasteiger partial charge in [-0.3, -0.25) is 15.0 Å². The molecule has 0 aromatic heterocycles. The lowest BCUT2D eigenvalue weighted by Crippen LogP contribution is -2.37. The van der Waals surface area contributed by atoms with Crippen LogP contribution in [0, 0.1) is 21.4 Å². The Hall–Kier alpha value is -2.17. The molecule has 21 heavy (non-hydrogen) atoms. The molecule has 0 atom stereocenters. The summed E-state index contributed by atoms with van der Waals surface area (Å²) in [7, 11) is 0. The van der Waals surface area contributed by atoms with Crippen molar-refractivity contribution in [3.05, 3.63) is 33.9 Å². The summed E-state index contributed by atoms with van der Waals surface area (Å²) in [6, 6.07) is 6.34. The Bertz CT molecular complexity index is 536. The Balaban J connectivity index is 1.88. The van der Waals surface area contributed by atoms with E-state index in [9.17, 15) is 10.1 Å². The second kappa shape index (κ2) is 7.57. The molecule has 1 saturated heterocycles. The molecule has 2 rings (SSSR count). The van der Waals surface area contributed by atoms with Gasteiger partial charge in [0.15, 0.2) is 5.75 Å². The van der Waals surface area contributed by atoms with Gasteiger partial charge >= 0.3 is 5.69 Å². The molecular weight excluding hydrogens is 274 g/mol. The molecule has 1 aromatic rings. The summed E-state index contributed by atoms with van der Waals surface area (Å²) >= 11 is 0. The first-order valence-corrected chi connectivity index (χ1v) is 6.83. The van der Waals surface area contributed by atoms with Crippen molar-refractivity contribution in [2.24, 2.45) is 0 Å². The van der Waals surface area contributed by atoms with Crippen molar-refractivity contribution in [3.63, 3.8) is 0 Å². The zero-order valence-electron chi connectivity index (χ0n) is 11.7. The molecule has 0 bridgehead atoms. The average Bonchev–Trinajstić information content (AvgIpc) is 2.52. The number of benzene rings is 1. The van der Waals surface area contributed by atoms with Crippen LogP contribution in [0.2, 0.25) is 0 Å². The molecule has 1 heterocycles. The van der Waals surface area contributed by atoms with Crippen molar-refractivity contribution in [2.75, 3.05) is 39.5 Å². The van der Waals surface area contributed by atoms with Crippen LogP contribution in [0.3, 0.4) is 0 Å². The van der Waals surface area contributed by atoms with Gasteiger partial charge in [-0.05, 0) is 18.6 Å². The fourth-order valence-corrected chi connectivity index (χ4v) is 2.21. The summed E-state index contributed by atoms with van der Waals surface area (Å²) in [6.45, 7) is 4.56. The zero-order valence-corrected chi connectivity index (χ0v) is 11.7. The van der Waals surface area contributed by atoms with Gasteiger partial charge in [0.1, 0.15) is 11.6 Å². The van der Waals surface area contributed by atoms with E-state index in [1.54, 1.807) is 6.07 Å². The smallest absolute Gasteiger partial charge is 0.328 e. The van der Waals surface area contributed by atoms with Gasteiger partial charge < -0.3 is 9.47 Å². The Morgan fingerprint density at radius 3 is 2.86 bits per heavy atom. The van der Waals surface area contributed by atoms with Crippen molar-refractivity contribution >= 4 is 5.69 Å². The molecular formula is C14H17N3O4. The number of nitriles is 1. The first-order chi connectivity index (χ1) is 10.2. The summed E-state index contributed by atoms with van der Waals surface area (Å²) in [6.07, 6.45) is 0.772. The maximum Gasteiger partial charge on any atom is 0.328 e. The summed E-state index contributed by atoms with van der Waals surface area (Å²) in [5.74, 6) is 0.154. The predicted octanol–water partition coefficient (Wildman–Crippen LogP) is 1.57. The molecule has 0 N–H and O–H groups in total. The monoisotopic (exact) mass is 291 g/mol. The normalized spacial score (nSPS) is 15.4. The summed E-state index contributed by atoms with van der Waals surface area (Å²) in [4.78, 5) is 12.7. The van der Waals surface area contributed by atoms with Crippen molar-refractivity contribution in [1.82, 2.24) is 4.90 Å². The lowest BCUT2D eigenvalue weighted by molar-refractivity contribution is -0.386. The van der Waals surface area contributed by atoms with E-state index in [4.69, 9.17) is 14.7 Å². The fourth-order valence-electron chi connectivity index (χ4n) is 2.21. The van der Waals surface area contributed by atoms with Gasteiger partial charge in [0.25, 0.3) is 0 Å². The summed E-state index contributed by atoms with van der Waals surface area (Å²) < 4.78 is 10.7. The SMILES string of the molecule is N#Cc1cccc(OCCCN2CCOCC2)c1[N+](=O)[O-]. The number of hydrogen-bond donors (Lipinski definition) is 0. The third-order valence-corrected chi connectivity index (χ3v) is 3.28. The van der Waals surface area contributed by atoms with Crippen molar-refractivity contribution in [3.8, 4) is 11.8 Å². The molecule has 112 valence electrons. The van der Waals surface area contributed by atoms with Crippen LogP contribution in [0.5, 0.6) is 5.75 Å². The maximum atomic E-state index is 11.0. The van der Waals surface area contributed by atoms with Crippen LogP contribution < -0.4 is 4.74 Å². The lowest BCUT2D eigenvalue weighted by atomic mass is 10.2. The highest BCUT2D eigenvalue weighted by molar-refractivity contribution is 5.57. The topological polar surface area (TPSA) is 88.6 Å². The predicted molar refractivity (Wildman–Crippen MR) is 75.2 cm³/mol. The van der Waals surface area contributed by atoms with E-state index in [0.29, 0.717) is 6.61 Å². The van der Waals surface area contributed by atoms with Crippen molar-refractivity contribution < 1.29 is 14.4 Å². The summed E-state index contributed by atoms with van der Waals surface area (Å²) in [5.41, 5.74) is -0.239. The number of para-hydroxylation sites is 1. The molecule has 0 radical (unpaired) electrons. The molecule has 0 unspecified atom stereocenters. The second-order valence-electron chi connectivity index (χ2n) is 4.68. The van der Waals surface area contributed by atoms with Gasteiger partial charge in [-0.25, -0.2) is 0 Å². The van der Waals surface area contributed by atoms with Crippen LogP contribution in [0.15, 0.2) is 18.2 Å². The number of nitro groups is 1. The molecule has 7 nitrogen and oxygen atoms in total. The molecule has 1 aromatic carbocycles. The highest BCUT2D eigenvalue weighted by Gasteiger charge is 2.20. The van der Waals surface area contributed by atoms with Crippen molar-refractivity contribution in [2.45, 2.75) is 6.42 Å². The third-order valence-electron chi connectivity index (χ3n) is 3.28. The second-order valence-corrected chi connectivity index (χ2v) is 4.68. The highest BCUT2D eigenvalue weighted by Crippen LogP contribution is 2.30. The van der Waals surface area contributed by atoms with E-state index in [2.05, 4.69) is 4.90 Å². The summed E-state index contributed by atoms with van der Waals surface area (Å²) in [5, 5.41) is 19.9. The Morgan fingerprint density at radius 1 is 1.43 bits per heavy atom. The number of hydrogen-bond acceptors (Lipinski definition) is 6. The fraction of sp³-hybridized carbons (Fsp3) is 0.500. The average molecular weight is 291 g/mol. The van der Waals surface area contributed by atoms with Crippen LogP contribution in [-0.4, -0.2) is 49.3 Å². The van der Waals surface area contributed by atoms with Crippen molar-refractivity contribution in [1.29, 1.82) is 5.26 Å². The Morgan fingerprint density at radius 2 is 2.19 bits per heavy atom. The molecule has 0 saturated carbocycles. The van der Waals surface area contributed by atoms with Crippen LogP contribution in [0.25, 0.3) is 0 Å². The van der Waals surface area contributed by atoms with E-state index < -0.39 is 4.92 Å².